The number of fused-ring (bicyclic) bond motifs is 1. The summed E-state index contributed by atoms with van der Waals surface area (Å²) in [5.41, 5.74) is 3.58. The normalized spacial score (nSPS) is 16.7. The van der Waals surface area contributed by atoms with E-state index in [9.17, 15) is 9.59 Å². The molecule has 2 amide bonds. The van der Waals surface area contributed by atoms with Gasteiger partial charge in [0.1, 0.15) is 5.82 Å². The van der Waals surface area contributed by atoms with Gasteiger partial charge in [-0.3, -0.25) is 9.59 Å². The van der Waals surface area contributed by atoms with Gasteiger partial charge in [0.25, 0.3) is 5.91 Å². The van der Waals surface area contributed by atoms with Crippen LogP contribution in [-0.2, 0) is 4.79 Å². The van der Waals surface area contributed by atoms with E-state index in [2.05, 4.69) is 10.3 Å². The lowest BCUT2D eigenvalue weighted by Gasteiger charge is -2.32. The van der Waals surface area contributed by atoms with Crippen LogP contribution in [-0.4, -0.2) is 46.3 Å². The third kappa shape index (κ3) is 4.31. The topological polar surface area (TPSA) is 78.1 Å². The minimum Gasteiger partial charge on any atom is -0.352 e. The van der Waals surface area contributed by atoms with Crippen LogP contribution < -0.4 is 5.32 Å². The Morgan fingerprint density at radius 1 is 1.17 bits per heavy atom. The number of H-pyrrole nitrogens is 1. The molecule has 1 aromatic heterocycles. The highest BCUT2D eigenvalue weighted by Gasteiger charge is 2.26. The van der Waals surface area contributed by atoms with Crippen molar-refractivity contribution in [1.82, 2.24) is 20.2 Å². The average molecular weight is 390 g/mol. The maximum atomic E-state index is 12.7. The van der Waals surface area contributed by atoms with Crippen LogP contribution in [0.4, 0.5) is 0 Å². The number of hydrogen-bond donors (Lipinski definition) is 2. The summed E-state index contributed by atoms with van der Waals surface area (Å²) in [5, 5.41) is 2.87. The predicted molar refractivity (Wildman–Crippen MR) is 113 cm³/mol. The zero-order valence-electron chi connectivity index (χ0n) is 16.6. The van der Waals surface area contributed by atoms with Crippen LogP contribution in [0.3, 0.4) is 0 Å². The van der Waals surface area contributed by atoms with Crippen LogP contribution in [0, 0.1) is 6.92 Å². The van der Waals surface area contributed by atoms with Crippen molar-refractivity contribution in [3.8, 4) is 0 Å². The molecule has 0 spiro atoms. The van der Waals surface area contributed by atoms with E-state index in [-0.39, 0.29) is 17.7 Å². The van der Waals surface area contributed by atoms with Crippen molar-refractivity contribution >= 4 is 22.8 Å². The molecule has 29 heavy (non-hydrogen) atoms. The Bertz CT molecular complexity index is 993. The summed E-state index contributed by atoms with van der Waals surface area (Å²) >= 11 is 0. The molecular formula is C23H26N4O2. The first-order valence-electron chi connectivity index (χ1n) is 10.2. The molecule has 3 aromatic rings. The van der Waals surface area contributed by atoms with Gasteiger partial charge in [-0.25, -0.2) is 4.98 Å². The van der Waals surface area contributed by atoms with Gasteiger partial charge in [-0.05, 0) is 43.5 Å². The van der Waals surface area contributed by atoms with Gasteiger partial charge in [-0.15, -0.1) is 0 Å². The largest absolute Gasteiger partial charge is 0.352 e. The van der Waals surface area contributed by atoms with E-state index in [1.54, 1.807) is 6.07 Å². The van der Waals surface area contributed by atoms with Gasteiger partial charge in [0.05, 0.1) is 11.0 Å². The number of rotatable bonds is 5. The van der Waals surface area contributed by atoms with Crippen molar-refractivity contribution in [2.24, 2.45) is 0 Å². The first-order chi connectivity index (χ1) is 14.1. The average Bonchev–Trinajstić information content (AvgIpc) is 3.18. The molecule has 1 aliphatic rings. The Kier molecular flexibility index (Phi) is 5.60. The summed E-state index contributed by atoms with van der Waals surface area (Å²) in [6, 6.07) is 15.5. The smallest absolute Gasteiger partial charge is 0.251 e. The standard InChI is InChI=1S/C23H26N4O2/c1-16-7-2-3-9-18(16)23(29)24-13-12-21(28)27-14-6-8-17(15-27)22-25-19-10-4-5-11-20(19)26-22/h2-5,7,9-11,17H,6,8,12-15H2,1H3,(H,24,29)(H,25,26). The Hall–Kier alpha value is -3.15. The van der Waals surface area contributed by atoms with E-state index in [1.807, 2.05) is 54.3 Å². The van der Waals surface area contributed by atoms with Gasteiger partial charge >= 0.3 is 0 Å². The molecule has 2 heterocycles. The lowest BCUT2D eigenvalue weighted by Crippen LogP contribution is -2.40. The fourth-order valence-corrected chi connectivity index (χ4v) is 3.96. The molecule has 150 valence electrons. The van der Waals surface area contributed by atoms with Crippen LogP contribution in [0.25, 0.3) is 11.0 Å². The molecule has 1 fully saturated rings. The van der Waals surface area contributed by atoms with Crippen molar-refractivity contribution in [3.63, 3.8) is 0 Å². The van der Waals surface area contributed by atoms with E-state index < -0.39 is 0 Å². The second kappa shape index (κ2) is 8.47. The lowest BCUT2D eigenvalue weighted by atomic mass is 9.97. The minimum atomic E-state index is -0.130. The van der Waals surface area contributed by atoms with Crippen LogP contribution in [0.1, 0.15) is 46.9 Å². The number of para-hydroxylation sites is 2. The number of carbonyl (C=O) groups is 2. The monoisotopic (exact) mass is 390 g/mol. The molecule has 0 radical (unpaired) electrons. The summed E-state index contributed by atoms with van der Waals surface area (Å²) in [5.74, 6) is 1.13. The van der Waals surface area contributed by atoms with Gasteiger partial charge in [0.15, 0.2) is 0 Å². The Morgan fingerprint density at radius 2 is 1.97 bits per heavy atom. The number of nitrogens with zero attached hydrogens (tertiary/aromatic N) is 2. The van der Waals surface area contributed by atoms with Gasteiger partial charge in [0.2, 0.25) is 5.91 Å². The quantitative estimate of drug-likeness (QED) is 0.701. The van der Waals surface area contributed by atoms with Crippen LogP contribution >= 0.6 is 0 Å². The van der Waals surface area contributed by atoms with Crippen molar-refractivity contribution in [3.05, 3.63) is 65.5 Å². The predicted octanol–water partition coefficient (Wildman–Crippen LogP) is 3.40. The summed E-state index contributed by atoms with van der Waals surface area (Å²) in [6.45, 7) is 3.69. The Labute approximate surface area is 170 Å². The molecule has 0 saturated carbocycles. The second-order valence-corrected chi connectivity index (χ2v) is 7.64. The molecule has 2 aromatic carbocycles. The second-order valence-electron chi connectivity index (χ2n) is 7.64. The molecule has 6 nitrogen and oxygen atoms in total. The summed E-state index contributed by atoms with van der Waals surface area (Å²) in [4.78, 5) is 35.0. The van der Waals surface area contributed by atoms with Gasteiger partial charge in [-0.2, -0.15) is 0 Å². The zero-order valence-corrected chi connectivity index (χ0v) is 16.6. The highest BCUT2D eigenvalue weighted by Crippen LogP contribution is 2.27. The van der Waals surface area contributed by atoms with Crippen molar-refractivity contribution < 1.29 is 9.59 Å². The summed E-state index contributed by atoms with van der Waals surface area (Å²) in [6.07, 6.45) is 2.29. The molecule has 6 heteroatoms. The molecule has 0 aliphatic carbocycles. The van der Waals surface area contributed by atoms with E-state index in [4.69, 9.17) is 4.98 Å². The molecule has 1 aliphatic heterocycles. The fraction of sp³-hybridized carbons (Fsp3) is 0.348. The summed E-state index contributed by atoms with van der Waals surface area (Å²) in [7, 11) is 0. The maximum absolute atomic E-state index is 12.7. The third-order valence-electron chi connectivity index (χ3n) is 5.58. The highest BCUT2D eigenvalue weighted by molar-refractivity contribution is 5.95. The van der Waals surface area contributed by atoms with Crippen molar-refractivity contribution in [1.29, 1.82) is 0 Å². The molecule has 4 rings (SSSR count). The van der Waals surface area contributed by atoms with E-state index in [0.29, 0.717) is 25.1 Å². The first-order valence-corrected chi connectivity index (χ1v) is 10.2. The third-order valence-corrected chi connectivity index (χ3v) is 5.58. The number of piperidine rings is 1. The number of benzene rings is 2. The number of hydrogen-bond acceptors (Lipinski definition) is 3. The number of likely N-dealkylation sites (tertiary alicyclic amines) is 1. The molecule has 1 unspecified atom stereocenters. The molecule has 0 bridgehead atoms. The lowest BCUT2D eigenvalue weighted by molar-refractivity contribution is -0.132. The molecular weight excluding hydrogens is 364 g/mol. The number of aromatic nitrogens is 2. The zero-order chi connectivity index (χ0) is 20.2. The van der Waals surface area contributed by atoms with Gasteiger partial charge in [-0.1, -0.05) is 30.3 Å². The highest BCUT2D eigenvalue weighted by atomic mass is 16.2. The van der Waals surface area contributed by atoms with Crippen LogP contribution in [0.2, 0.25) is 0 Å². The van der Waals surface area contributed by atoms with Crippen molar-refractivity contribution in [2.75, 3.05) is 19.6 Å². The first kappa shape index (κ1) is 19.2. The number of aromatic amines is 1. The molecule has 1 saturated heterocycles. The maximum Gasteiger partial charge on any atom is 0.251 e. The molecule has 2 N–H and O–H groups in total. The number of amides is 2. The van der Waals surface area contributed by atoms with E-state index in [0.717, 1.165) is 41.8 Å². The van der Waals surface area contributed by atoms with E-state index in [1.165, 1.54) is 0 Å². The number of carbonyl (C=O) groups excluding carboxylic acids is 2. The SMILES string of the molecule is Cc1ccccc1C(=O)NCCC(=O)N1CCCC(c2nc3ccccc3[nH]2)C1. The fourth-order valence-electron chi connectivity index (χ4n) is 3.96. The number of nitrogens with one attached hydrogen (secondary N) is 2. The summed E-state index contributed by atoms with van der Waals surface area (Å²) < 4.78 is 0. The minimum absolute atomic E-state index is 0.0795. The van der Waals surface area contributed by atoms with Crippen LogP contribution in [0.15, 0.2) is 48.5 Å². The Morgan fingerprint density at radius 3 is 2.79 bits per heavy atom. The van der Waals surface area contributed by atoms with Crippen molar-refractivity contribution in [2.45, 2.75) is 32.1 Å². The number of imidazole rings is 1. The molecule has 1 atom stereocenters. The van der Waals surface area contributed by atoms with Crippen LogP contribution in [0.5, 0.6) is 0 Å². The van der Waals surface area contributed by atoms with Gasteiger partial charge in [0, 0.05) is 37.5 Å². The Balaban J connectivity index is 1.32. The van der Waals surface area contributed by atoms with Gasteiger partial charge < -0.3 is 15.2 Å². The number of aryl methyl sites for hydroxylation is 1. The van der Waals surface area contributed by atoms with E-state index >= 15 is 0 Å².